The highest BCUT2D eigenvalue weighted by atomic mass is 16.6. The number of carbonyl (C=O) groups is 2. The Kier molecular flexibility index (Phi) is 7.45. The molecule has 0 unspecified atom stereocenters. The molecule has 0 fully saturated rings. The van der Waals surface area contributed by atoms with E-state index in [-0.39, 0.29) is 0 Å². The van der Waals surface area contributed by atoms with Crippen molar-refractivity contribution in [1.82, 2.24) is 9.88 Å². The molecule has 0 saturated heterocycles. The first kappa shape index (κ1) is 20.9. The minimum Gasteiger partial charge on any atom is -0.491 e. The molecule has 2 amide bonds. The number of nitrogens with zero attached hydrogens (tertiary/aromatic N) is 1. The molecule has 30 heavy (non-hydrogen) atoms. The molecule has 3 aromatic rings. The van der Waals surface area contributed by atoms with Gasteiger partial charge >= 0.3 is 6.09 Å². The van der Waals surface area contributed by atoms with Gasteiger partial charge in [-0.05, 0) is 30.3 Å². The van der Waals surface area contributed by atoms with Gasteiger partial charge in [0.05, 0.1) is 18.8 Å². The summed E-state index contributed by atoms with van der Waals surface area (Å²) in [7, 11) is 0. The van der Waals surface area contributed by atoms with Gasteiger partial charge in [-0.25, -0.2) is 4.79 Å². The molecule has 156 valence electrons. The third-order valence-corrected chi connectivity index (χ3v) is 4.06. The monoisotopic (exact) mass is 409 g/mol. The number of hydrogen-bond acceptors (Lipinski definition) is 5. The van der Waals surface area contributed by atoms with Crippen LogP contribution in [0.25, 0.3) is 5.69 Å². The summed E-state index contributed by atoms with van der Waals surface area (Å²) in [5.41, 5.74) is 6.39. The molecular weight excluding hydrogens is 386 g/mol. The van der Waals surface area contributed by atoms with Gasteiger partial charge < -0.3 is 29.8 Å². The van der Waals surface area contributed by atoms with Crippen LogP contribution in [0.2, 0.25) is 0 Å². The second-order valence-electron chi connectivity index (χ2n) is 6.26. The lowest BCUT2D eigenvalue weighted by molar-refractivity contribution is 0.1000. The maximum absolute atomic E-state index is 11.9. The van der Waals surface area contributed by atoms with E-state index in [0.29, 0.717) is 37.7 Å². The summed E-state index contributed by atoms with van der Waals surface area (Å²) in [6.45, 7) is 1.49. The minimum absolute atomic E-state index is 0.309. The number of hydrogen-bond donors (Lipinski definition) is 2. The van der Waals surface area contributed by atoms with Crippen molar-refractivity contribution in [2.75, 3.05) is 26.4 Å². The van der Waals surface area contributed by atoms with E-state index in [0.717, 1.165) is 11.4 Å². The third kappa shape index (κ3) is 6.39. The Hall–Kier alpha value is -3.78. The number of nitrogens with two attached hydrogens (primary N) is 1. The van der Waals surface area contributed by atoms with E-state index in [1.165, 1.54) is 0 Å². The van der Waals surface area contributed by atoms with E-state index in [2.05, 4.69) is 5.32 Å². The highest BCUT2D eigenvalue weighted by Gasteiger charge is 2.07. The highest BCUT2D eigenvalue weighted by molar-refractivity contribution is 5.92. The van der Waals surface area contributed by atoms with Crippen molar-refractivity contribution >= 4 is 12.0 Å². The SMILES string of the molecule is NC(=O)c1ccn(-c2cccc(OC(=O)NCCOCCOc3ccccc3)c2)c1. The molecule has 0 bridgehead atoms. The molecule has 0 spiro atoms. The zero-order valence-electron chi connectivity index (χ0n) is 16.3. The van der Waals surface area contributed by atoms with Crippen LogP contribution in [0.5, 0.6) is 11.5 Å². The lowest BCUT2D eigenvalue weighted by atomic mass is 10.3. The van der Waals surface area contributed by atoms with Crippen molar-refractivity contribution in [3.8, 4) is 17.2 Å². The van der Waals surface area contributed by atoms with E-state index >= 15 is 0 Å². The van der Waals surface area contributed by atoms with E-state index < -0.39 is 12.0 Å². The van der Waals surface area contributed by atoms with Crippen LogP contribution in [0, 0.1) is 0 Å². The number of amides is 2. The van der Waals surface area contributed by atoms with Gasteiger partial charge in [-0.1, -0.05) is 24.3 Å². The van der Waals surface area contributed by atoms with Crippen molar-refractivity contribution in [3.63, 3.8) is 0 Å². The van der Waals surface area contributed by atoms with Gasteiger partial charge in [0.15, 0.2) is 0 Å². The first-order valence-electron chi connectivity index (χ1n) is 9.41. The molecule has 1 heterocycles. The maximum atomic E-state index is 11.9. The number of carbonyl (C=O) groups excluding carboxylic acids is 2. The van der Waals surface area contributed by atoms with Crippen molar-refractivity contribution in [2.24, 2.45) is 5.73 Å². The zero-order valence-corrected chi connectivity index (χ0v) is 16.3. The number of benzene rings is 2. The van der Waals surface area contributed by atoms with Crippen molar-refractivity contribution in [1.29, 1.82) is 0 Å². The predicted molar refractivity (Wildman–Crippen MR) is 111 cm³/mol. The molecule has 0 aliphatic heterocycles. The van der Waals surface area contributed by atoms with E-state index in [1.807, 2.05) is 36.4 Å². The van der Waals surface area contributed by atoms with Gasteiger partial charge in [0.2, 0.25) is 5.91 Å². The molecule has 0 aliphatic carbocycles. The maximum Gasteiger partial charge on any atom is 0.412 e. The van der Waals surface area contributed by atoms with Gasteiger partial charge in [0, 0.05) is 30.7 Å². The van der Waals surface area contributed by atoms with Crippen LogP contribution in [-0.4, -0.2) is 42.9 Å². The summed E-state index contributed by atoms with van der Waals surface area (Å²) in [5.74, 6) is 0.654. The molecule has 8 nitrogen and oxygen atoms in total. The number of rotatable bonds is 10. The van der Waals surface area contributed by atoms with E-state index in [1.54, 1.807) is 41.2 Å². The zero-order chi connectivity index (χ0) is 21.2. The fourth-order valence-corrected chi connectivity index (χ4v) is 2.62. The summed E-state index contributed by atoms with van der Waals surface area (Å²) in [6.07, 6.45) is 2.74. The number of para-hydroxylation sites is 1. The van der Waals surface area contributed by atoms with Gasteiger partial charge in [0.1, 0.15) is 18.1 Å². The Labute approximate surface area is 174 Å². The van der Waals surface area contributed by atoms with E-state index in [4.69, 9.17) is 19.9 Å². The number of ether oxygens (including phenoxy) is 3. The molecule has 1 aromatic heterocycles. The average molecular weight is 409 g/mol. The Morgan fingerprint density at radius 2 is 1.73 bits per heavy atom. The van der Waals surface area contributed by atoms with Crippen LogP contribution >= 0.6 is 0 Å². The molecule has 0 atom stereocenters. The lowest BCUT2D eigenvalue weighted by Crippen LogP contribution is -2.30. The summed E-state index contributed by atoms with van der Waals surface area (Å²) >= 11 is 0. The normalized spacial score (nSPS) is 10.4. The molecule has 0 aliphatic rings. The molecule has 3 rings (SSSR count). The van der Waals surface area contributed by atoms with E-state index in [9.17, 15) is 9.59 Å². The minimum atomic E-state index is -0.582. The van der Waals surface area contributed by atoms with Gasteiger partial charge in [-0.2, -0.15) is 0 Å². The van der Waals surface area contributed by atoms with Crippen LogP contribution < -0.4 is 20.5 Å². The summed E-state index contributed by atoms with van der Waals surface area (Å²) < 4.78 is 17.9. The van der Waals surface area contributed by atoms with Gasteiger partial charge in [-0.15, -0.1) is 0 Å². The molecule has 8 heteroatoms. The number of aromatic nitrogens is 1. The van der Waals surface area contributed by atoms with Crippen molar-refractivity contribution < 1.29 is 23.8 Å². The van der Waals surface area contributed by atoms with Crippen LogP contribution in [0.1, 0.15) is 10.4 Å². The quantitative estimate of drug-likeness (QED) is 0.501. The predicted octanol–water partition coefficient (Wildman–Crippen LogP) is 2.76. The second kappa shape index (κ2) is 10.7. The fraction of sp³-hybridized carbons (Fsp3) is 0.182. The summed E-state index contributed by atoms with van der Waals surface area (Å²) in [5, 5.41) is 2.62. The Morgan fingerprint density at radius 3 is 2.50 bits per heavy atom. The van der Waals surface area contributed by atoms with Crippen LogP contribution in [0.3, 0.4) is 0 Å². The largest absolute Gasteiger partial charge is 0.491 e. The Balaban J connectivity index is 1.36. The van der Waals surface area contributed by atoms with Crippen LogP contribution in [0.15, 0.2) is 73.1 Å². The second-order valence-corrected chi connectivity index (χ2v) is 6.26. The standard InChI is InChI=1S/C22H23N3O5/c23-21(26)17-9-11-25(16-17)18-5-4-8-20(15-18)30-22(27)24-10-12-28-13-14-29-19-6-2-1-3-7-19/h1-9,11,15-16H,10,12-14H2,(H2,23,26)(H,24,27). The summed E-state index contributed by atoms with van der Waals surface area (Å²) in [6, 6.07) is 18.0. The van der Waals surface area contributed by atoms with Gasteiger partial charge in [-0.3, -0.25) is 4.79 Å². The first-order chi connectivity index (χ1) is 14.6. The first-order valence-corrected chi connectivity index (χ1v) is 9.41. The lowest BCUT2D eigenvalue weighted by Gasteiger charge is -2.09. The van der Waals surface area contributed by atoms with Crippen LogP contribution in [-0.2, 0) is 4.74 Å². The topological polar surface area (TPSA) is 105 Å². The highest BCUT2D eigenvalue weighted by Crippen LogP contribution is 2.18. The summed E-state index contributed by atoms with van der Waals surface area (Å²) in [4.78, 5) is 23.2. The average Bonchev–Trinajstić information content (AvgIpc) is 3.25. The number of nitrogens with one attached hydrogen (secondary N) is 1. The Morgan fingerprint density at radius 1 is 0.933 bits per heavy atom. The molecule has 0 saturated carbocycles. The molecular formula is C22H23N3O5. The van der Waals surface area contributed by atoms with Crippen molar-refractivity contribution in [3.05, 3.63) is 78.6 Å². The molecule has 2 aromatic carbocycles. The Bertz CT molecular complexity index is 972. The third-order valence-electron chi connectivity index (χ3n) is 4.06. The van der Waals surface area contributed by atoms with Gasteiger partial charge in [0.25, 0.3) is 0 Å². The van der Waals surface area contributed by atoms with Crippen molar-refractivity contribution in [2.45, 2.75) is 0 Å². The number of primary amides is 1. The van der Waals surface area contributed by atoms with Crippen LogP contribution in [0.4, 0.5) is 4.79 Å². The fourth-order valence-electron chi connectivity index (χ4n) is 2.62. The molecule has 0 radical (unpaired) electrons. The molecule has 3 N–H and O–H groups in total. The smallest absolute Gasteiger partial charge is 0.412 e.